The molecule has 1 N–H and O–H groups in total. The van der Waals surface area contributed by atoms with Crippen LogP contribution in [0.5, 0.6) is 5.75 Å². The summed E-state index contributed by atoms with van der Waals surface area (Å²) in [6.07, 6.45) is 2.13. The fourth-order valence-electron chi connectivity index (χ4n) is 1.48. The molecule has 17 heavy (non-hydrogen) atoms. The Balaban J connectivity index is 2.60. The van der Waals surface area contributed by atoms with Crippen LogP contribution in [-0.2, 0) is 0 Å². The van der Waals surface area contributed by atoms with Gasteiger partial charge in [-0.05, 0) is 6.07 Å². The maximum Gasteiger partial charge on any atom is 0.153 e. The lowest BCUT2D eigenvalue weighted by atomic mass is 10.1. The fraction of sp³-hybridized carbons (Fsp3) is 0.0909. The van der Waals surface area contributed by atoms with Gasteiger partial charge in [-0.3, -0.25) is 9.89 Å². The monoisotopic (exact) mass is 270 g/mol. The summed E-state index contributed by atoms with van der Waals surface area (Å²) < 4.78 is 5.04. The van der Waals surface area contributed by atoms with Crippen molar-refractivity contribution < 1.29 is 9.53 Å². The zero-order valence-corrected chi connectivity index (χ0v) is 10.3. The molecule has 2 aromatic rings. The third-order valence-electron chi connectivity index (χ3n) is 2.31. The number of benzene rings is 1. The van der Waals surface area contributed by atoms with E-state index in [9.17, 15) is 4.79 Å². The van der Waals surface area contributed by atoms with Crippen molar-refractivity contribution in [3.05, 3.63) is 33.9 Å². The molecule has 0 aliphatic carbocycles. The second-order valence-corrected chi connectivity index (χ2v) is 4.10. The van der Waals surface area contributed by atoms with Crippen molar-refractivity contribution in [2.75, 3.05) is 7.11 Å². The van der Waals surface area contributed by atoms with Gasteiger partial charge in [0.2, 0.25) is 0 Å². The molecule has 0 aliphatic rings. The summed E-state index contributed by atoms with van der Waals surface area (Å²) in [6, 6.07) is 3.22. The molecule has 0 atom stereocenters. The topological polar surface area (TPSA) is 55.0 Å². The van der Waals surface area contributed by atoms with E-state index in [-0.39, 0.29) is 0 Å². The smallest absolute Gasteiger partial charge is 0.153 e. The van der Waals surface area contributed by atoms with Crippen molar-refractivity contribution in [2.24, 2.45) is 0 Å². The number of hydrogen-bond acceptors (Lipinski definition) is 3. The number of aromatic amines is 1. The minimum absolute atomic E-state index is 0.415. The van der Waals surface area contributed by atoms with E-state index in [2.05, 4.69) is 10.2 Å². The van der Waals surface area contributed by atoms with E-state index in [0.717, 1.165) is 0 Å². The summed E-state index contributed by atoms with van der Waals surface area (Å²) in [5.74, 6) is 0.479. The van der Waals surface area contributed by atoms with Crippen molar-refractivity contribution in [2.45, 2.75) is 0 Å². The Morgan fingerprint density at radius 1 is 1.35 bits per heavy atom. The second kappa shape index (κ2) is 4.77. The molecule has 0 fully saturated rings. The van der Waals surface area contributed by atoms with Crippen LogP contribution in [0.15, 0.2) is 18.3 Å². The first-order valence-electron chi connectivity index (χ1n) is 4.69. The van der Waals surface area contributed by atoms with E-state index in [1.54, 1.807) is 12.1 Å². The van der Waals surface area contributed by atoms with Crippen LogP contribution in [-0.4, -0.2) is 23.6 Å². The number of aldehydes is 1. The number of rotatable bonds is 3. The van der Waals surface area contributed by atoms with Crippen LogP contribution < -0.4 is 4.74 Å². The standard InChI is InChI=1S/C11H8Cl2N2O2/c1-17-10-3-8(12)7(2-9(10)13)11-6(5-16)4-14-15-11/h2-5H,1H3,(H,14,15). The second-order valence-electron chi connectivity index (χ2n) is 3.28. The van der Waals surface area contributed by atoms with E-state index >= 15 is 0 Å². The summed E-state index contributed by atoms with van der Waals surface area (Å²) in [6.45, 7) is 0. The summed E-state index contributed by atoms with van der Waals surface area (Å²) in [5, 5.41) is 7.35. The molecule has 0 spiro atoms. The van der Waals surface area contributed by atoms with Gasteiger partial charge in [-0.15, -0.1) is 0 Å². The Morgan fingerprint density at radius 3 is 2.76 bits per heavy atom. The average Bonchev–Trinajstić information content (AvgIpc) is 2.79. The van der Waals surface area contributed by atoms with Crippen LogP contribution in [0.2, 0.25) is 10.0 Å². The predicted octanol–water partition coefficient (Wildman–Crippen LogP) is 3.20. The largest absolute Gasteiger partial charge is 0.495 e. The number of aromatic nitrogens is 2. The molecule has 0 radical (unpaired) electrons. The van der Waals surface area contributed by atoms with E-state index in [0.29, 0.717) is 38.9 Å². The number of ether oxygens (including phenoxy) is 1. The van der Waals surface area contributed by atoms with Gasteiger partial charge in [0, 0.05) is 11.6 Å². The number of halogens is 2. The van der Waals surface area contributed by atoms with Crippen LogP contribution in [0.1, 0.15) is 10.4 Å². The first kappa shape index (κ1) is 12.0. The zero-order chi connectivity index (χ0) is 12.4. The first-order chi connectivity index (χ1) is 8.17. The Labute approximate surface area is 107 Å². The molecular formula is C11H8Cl2N2O2. The predicted molar refractivity (Wildman–Crippen MR) is 66.0 cm³/mol. The van der Waals surface area contributed by atoms with Crippen molar-refractivity contribution in [3.63, 3.8) is 0 Å². The van der Waals surface area contributed by atoms with Crippen molar-refractivity contribution in [1.29, 1.82) is 0 Å². The SMILES string of the molecule is COc1cc(Cl)c(-c2[nH]ncc2C=O)cc1Cl. The lowest BCUT2D eigenvalue weighted by Gasteiger charge is -2.08. The molecular weight excluding hydrogens is 263 g/mol. The number of methoxy groups -OCH3 is 1. The van der Waals surface area contributed by atoms with E-state index < -0.39 is 0 Å². The highest BCUT2D eigenvalue weighted by molar-refractivity contribution is 6.36. The maximum atomic E-state index is 10.8. The van der Waals surface area contributed by atoms with Gasteiger partial charge >= 0.3 is 0 Å². The number of carbonyl (C=O) groups is 1. The van der Waals surface area contributed by atoms with Crippen LogP contribution in [0.3, 0.4) is 0 Å². The minimum Gasteiger partial charge on any atom is -0.495 e. The third-order valence-corrected chi connectivity index (χ3v) is 2.91. The molecule has 0 aliphatic heterocycles. The molecule has 0 saturated carbocycles. The fourth-order valence-corrected chi connectivity index (χ4v) is 1.97. The molecule has 0 saturated heterocycles. The van der Waals surface area contributed by atoms with Gasteiger partial charge in [-0.25, -0.2) is 0 Å². The van der Waals surface area contributed by atoms with E-state index in [4.69, 9.17) is 27.9 Å². The quantitative estimate of drug-likeness (QED) is 0.872. The summed E-state index contributed by atoms with van der Waals surface area (Å²) in [4.78, 5) is 10.8. The summed E-state index contributed by atoms with van der Waals surface area (Å²) in [5.41, 5.74) is 1.57. The first-order valence-corrected chi connectivity index (χ1v) is 5.45. The van der Waals surface area contributed by atoms with Gasteiger partial charge in [0.15, 0.2) is 6.29 Å². The zero-order valence-electron chi connectivity index (χ0n) is 8.83. The molecule has 1 heterocycles. The number of carbonyl (C=O) groups excluding carboxylic acids is 1. The molecule has 0 amide bonds. The van der Waals surface area contributed by atoms with Crippen LogP contribution in [0.25, 0.3) is 11.3 Å². The number of H-pyrrole nitrogens is 1. The van der Waals surface area contributed by atoms with Crippen LogP contribution in [0, 0.1) is 0 Å². The Bertz CT molecular complexity index is 567. The molecule has 1 aromatic carbocycles. The number of nitrogens with zero attached hydrogens (tertiary/aromatic N) is 1. The van der Waals surface area contributed by atoms with Crippen molar-refractivity contribution >= 4 is 29.5 Å². The minimum atomic E-state index is 0.415. The highest BCUT2D eigenvalue weighted by atomic mass is 35.5. The molecule has 0 unspecified atom stereocenters. The van der Waals surface area contributed by atoms with Crippen LogP contribution >= 0.6 is 23.2 Å². The van der Waals surface area contributed by atoms with Gasteiger partial charge in [0.05, 0.1) is 34.6 Å². The van der Waals surface area contributed by atoms with E-state index in [1.165, 1.54) is 13.3 Å². The van der Waals surface area contributed by atoms with Gasteiger partial charge in [-0.1, -0.05) is 23.2 Å². The highest BCUT2D eigenvalue weighted by Gasteiger charge is 2.14. The summed E-state index contributed by atoms with van der Waals surface area (Å²) >= 11 is 12.1. The van der Waals surface area contributed by atoms with Gasteiger partial charge in [-0.2, -0.15) is 5.10 Å². The Kier molecular flexibility index (Phi) is 3.36. The summed E-state index contributed by atoms with van der Waals surface area (Å²) in [7, 11) is 1.50. The lowest BCUT2D eigenvalue weighted by molar-refractivity contribution is 0.112. The molecule has 4 nitrogen and oxygen atoms in total. The molecule has 0 bridgehead atoms. The maximum absolute atomic E-state index is 10.8. The molecule has 1 aromatic heterocycles. The Hall–Kier alpha value is -1.52. The number of nitrogens with one attached hydrogen (secondary N) is 1. The Morgan fingerprint density at radius 2 is 2.12 bits per heavy atom. The van der Waals surface area contributed by atoms with Gasteiger partial charge in [0.1, 0.15) is 5.75 Å². The van der Waals surface area contributed by atoms with Crippen LogP contribution in [0.4, 0.5) is 0 Å². The molecule has 2 rings (SSSR count). The molecule has 6 heteroatoms. The van der Waals surface area contributed by atoms with Gasteiger partial charge in [0.25, 0.3) is 0 Å². The lowest BCUT2D eigenvalue weighted by Crippen LogP contribution is -1.89. The third kappa shape index (κ3) is 2.14. The normalized spacial score (nSPS) is 10.3. The van der Waals surface area contributed by atoms with Gasteiger partial charge < -0.3 is 4.74 Å². The van der Waals surface area contributed by atoms with Crippen molar-refractivity contribution in [1.82, 2.24) is 10.2 Å². The number of hydrogen-bond donors (Lipinski definition) is 1. The van der Waals surface area contributed by atoms with Crippen molar-refractivity contribution in [3.8, 4) is 17.0 Å². The average molecular weight is 271 g/mol. The van der Waals surface area contributed by atoms with E-state index in [1.807, 2.05) is 0 Å². The highest BCUT2D eigenvalue weighted by Crippen LogP contribution is 2.36. The molecule has 88 valence electrons.